The first-order valence-electron chi connectivity index (χ1n) is 5.30. The van der Waals surface area contributed by atoms with Gasteiger partial charge in [-0.15, -0.1) is 0 Å². The minimum Gasteiger partial charge on any atom is -0.359 e. The Balaban J connectivity index is 2.07. The van der Waals surface area contributed by atoms with Gasteiger partial charge in [-0.1, -0.05) is 24.0 Å². The van der Waals surface area contributed by atoms with E-state index < -0.39 is 0 Å². The van der Waals surface area contributed by atoms with Crippen LogP contribution in [0.1, 0.15) is 5.56 Å². The van der Waals surface area contributed by atoms with Gasteiger partial charge in [-0.05, 0) is 18.2 Å². The number of fused-ring (bicyclic) bond motifs is 1. The van der Waals surface area contributed by atoms with Gasteiger partial charge in [-0.3, -0.25) is 14.7 Å². The van der Waals surface area contributed by atoms with Crippen molar-refractivity contribution in [1.82, 2.24) is 14.9 Å². The van der Waals surface area contributed by atoms with Crippen LogP contribution in [-0.2, 0) is 4.79 Å². The predicted molar refractivity (Wildman–Crippen MR) is 77.0 cm³/mol. The average Bonchev–Trinajstić information content (AvgIpc) is 2.89. The van der Waals surface area contributed by atoms with Crippen molar-refractivity contribution in [3.8, 4) is 0 Å². The van der Waals surface area contributed by atoms with Gasteiger partial charge in [-0.25, -0.2) is 0 Å². The van der Waals surface area contributed by atoms with E-state index in [1.165, 1.54) is 16.7 Å². The second-order valence-corrected chi connectivity index (χ2v) is 5.56. The standard InChI is InChI=1S/C12H9N3OS2/c1-15-11(16)9(18-12(15)17)5-7-6-14-8-3-2-4-13-10(7)8/h2-6,14H,1H3/b9-5-. The lowest BCUT2D eigenvalue weighted by atomic mass is 10.2. The third kappa shape index (κ3) is 1.74. The summed E-state index contributed by atoms with van der Waals surface area (Å²) in [5.74, 6) is -0.0599. The fourth-order valence-electron chi connectivity index (χ4n) is 1.77. The quantitative estimate of drug-likeness (QED) is 0.641. The minimum absolute atomic E-state index is 0.0599. The molecule has 3 heterocycles. The summed E-state index contributed by atoms with van der Waals surface area (Å²) in [5.41, 5.74) is 2.72. The second kappa shape index (κ2) is 4.22. The number of carbonyl (C=O) groups excluding carboxylic acids is 1. The minimum atomic E-state index is -0.0599. The molecule has 0 unspecified atom stereocenters. The summed E-state index contributed by atoms with van der Waals surface area (Å²) in [6, 6.07) is 3.82. The number of aromatic nitrogens is 2. The van der Waals surface area contributed by atoms with Crippen LogP contribution in [0.3, 0.4) is 0 Å². The number of hydrogen-bond donors (Lipinski definition) is 1. The molecule has 4 nitrogen and oxygen atoms in total. The number of amides is 1. The number of carbonyl (C=O) groups is 1. The number of rotatable bonds is 1. The smallest absolute Gasteiger partial charge is 0.265 e. The largest absolute Gasteiger partial charge is 0.359 e. The molecule has 1 aliphatic rings. The zero-order valence-electron chi connectivity index (χ0n) is 9.51. The highest BCUT2D eigenvalue weighted by Gasteiger charge is 2.28. The van der Waals surface area contributed by atoms with E-state index in [0.29, 0.717) is 9.23 Å². The molecule has 18 heavy (non-hydrogen) atoms. The molecule has 1 N–H and O–H groups in total. The molecular weight excluding hydrogens is 266 g/mol. The van der Waals surface area contributed by atoms with Gasteiger partial charge in [0.05, 0.1) is 15.9 Å². The molecule has 3 rings (SSSR count). The Kier molecular flexibility index (Phi) is 2.68. The summed E-state index contributed by atoms with van der Waals surface area (Å²) in [6.45, 7) is 0. The molecule has 1 saturated heterocycles. The van der Waals surface area contributed by atoms with Crippen LogP contribution in [-0.4, -0.2) is 32.1 Å². The van der Waals surface area contributed by atoms with Crippen LogP contribution in [0.5, 0.6) is 0 Å². The molecule has 1 amide bonds. The highest BCUT2D eigenvalue weighted by atomic mass is 32.2. The van der Waals surface area contributed by atoms with Crippen LogP contribution in [0.15, 0.2) is 29.4 Å². The number of thiocarbonyl (C=S) groups is 1. The van der Waals surface area contributed by atoms with Crippen molar-refractivity contribution in [3.05, 3.63) is 35.0 Å². The highest BCUT2D eigenvalue weighted by molar-refractivity contribution is 8.26. The molecule has 2 aromatic heterocycles. The second-order valence-electron chi connectivity index (χ2n) is 3.88. The zero-order chi connectivity index (χ0) is 12.7. The van der Waals surface area contributed by atoms with Crippen LogP contribution in [0.2, 0.25) is 0 Å². The first kappa shape index (κ1) is 11.4. The van der Waals surface area contributed by atoms with Crippen molar-refractivity contribution in [3.63, 3.8) is 0 Å². The molecule has 0 atom stereocenters. The molecule has 0 bridgehead atoms. The van der Waals surface area contributed by atoms with Crippen molar-refractivity contribution in [2.24, 2.45) is 0 Å². The number of hydrogen-bond acceptors (Lipinski definition) is 4. The van der Waals surface area contributed by atoms with E-state index in [2.05, 4.69) is 9.97 Å². The van der Waals surface area contributed by atoms with Crippen LogP contribution in [0.25, 0.3) is 17.1 Å². The van der Waals surface area contributed by atoms with Gasteiger partial charge in [0.1, 0.15) is 4.32 Å². The summed E-state index contributed by atoms with van der Waals surface area (Å²) in [5, 5.41) is 0. The van der Waals surface area contributed by atoms with Gasteiger partial charge < -0.3 is 4.98 Å². The van der Waals surface area contributed by atoms with Gasteiger partial charge in [0.25, 0.3) is 5.91 Å². The summed E-state index contributed by atoms with van der Waals surface area (Å²) >= 11 is 6.41. The SMILES string of the molecule is CN1C(=O)/C(=C/c2c[nH]c3cccnc23)SC1=S. The van der Waals surface area contributed by atoms with Gasteiger partial charge in [-0.2, -0.15) is 0 Å². The lowest BCUT2D eigenvalue weighted by Crippen LogP contribution is -2.22. The number of thioether (sulfide) groups is 1. The van der Waals surface area contributed by atoms with Crippen LogP contribution in [0.4, 0.5) is 0 Å². The summed E-state index contributed by atoms with van der Waals surface area (Å²) in [4.78, 5) is 21.4. The van der Waals surface area contributed by atoms with E-state index in [1.54, 1.807) is 13.2 Å². The predicted octanol–water partition coefficient (Wildman–Crippen LogP) is 2.39. The van der Waals surface area contributed by atoms with Gasteiger partial charge in [0, 0.05) is 25.0 Å². The molecule has 0 saturated carbocycles. The molecule has 0 aromatic carbocycles. The number of nitrogens with zero attached hydrogens (tertiary/aromatic N) is 2. The average molecular weight is 275 g/mol. The van der Waals surface area contributed by atoms with Crippen molar-refractivity contribution in [1.29, 1.82) is 0 Å². The van der Waals surface area contributed by atoms with Crippen LogP contribution >= 0.6 is 24.0 Å². The van der Waals surface area contributed by atoms with Gasteiger partial charge in [0.2, 0.25) is 0 Å². The molecule has 1 fully saturated rings. The lowest BCUT2D eigenvalue weighted by molar-refractivity contribution is -0.121. The maximum Gasteiger partial charge on any atom is 0.265 e. The third-order valence-corrected chi connectivity index (χ3v) is 4.22. The third-order valence-electron chi connectivity index (χ3n) is 2.74. The molecule has 90 valence electrons. The van der Waals surface area contributed by atoms with Crippen LogP contribution < -0.4 is 0 Å². The van der Waals surface area contributed by atoms with Crippen LogP contribution in [0, 0.1) is 0 Å². The Bertz CT molecular complexity index is 689. The molecule has 0 radical (unpaired) electrons. The molecular formula is C12H9N3OS2. The van der Waals surface area contributed by atoms with Crippen molar-refractivity contribution < 1.29 is 4.79 Å². The number of nitrogens with one attached hydrogen (secondary N) is 1. The molecule has 6 heteroatoms. The fraction of sp³-hybridized carbons (Fsp3) is 0.0833. The maximum atomic E-state index is 11.9. The number of pyridine rings is 1. The number of aromatic amines is 1. The summed E-state index contributed by atoms with van der Waals surface area (Å²) < 4.78 is 0.582. The Morgan fingerprint density at radius 1 is 1.56 bits per heavy atom. The number of likely N-dealkylation sites (N-methyl/N-ethyl adjacent to an activating group) is 1. The van der Waals surface area contributed by atoms with Crippen molar-refractivity contribution in [2.45, 2.75) is 0 Å². The molecule has 0 aliphatic carbocycles. The molecule has 0 spiro atoms. The fourth-order valence-corrected chi connectivity index (χ4v) is 2.94. The normalized spacial score (nSPS) is 18.3. The van der Waals surface area contributed by atoms with E-state index in [-0.39, 0.29) is 5.91 Å². The van der Waals surface area contributed by atoms with E-state index in [0.717, 1.165) is 16.6 Å². The Hall–Kier alpha value is -1.66. The highest BCUT2D eigenvalue weighted by Crippen LogP contribution is 2.32. The number of H-pyrrole nitrogens is 1. The van der Waals surface area contributed by atoms with Gasteiger partial charge in [0.15, 0.2) is 0 Å². The van der Waals surface area contributed by atoms with E-state index >= 15 is 0 Å². The Labute approximate surface area is 113 Å². The topological polar surface area (TPSA) is 49.0 Å². The maximum absolute atomic E-state index is 11.9. The summed E-state index contributed by atoms with van der Waals surface area (Å²) in [6.07, 6.45) is 5.41. The monoisotopic (exact) mass is 275 g/mol. The van der Waals surface area contributed by atoms with Crippen molar-refractivity contribution >= 4 is 51.3 Å². The lowest BCUT2D eigenvalue weighted by Gasteiger charge is -2.03. The Morgan fingerprint density at radius 3 is 3.11 bits per heavy atom. The van der Waals surface area contributed by atoms with Gasteiger partial charge >= 0.3 is 0 Å². The first-order chi connectivity index (χ1) is 8.66. The van der Waals surface area contributed by atoms with E-state index in [9.17, 15) is 4.79 Å². The summed E-state index contributed by atoms with van der Waals surface area (Å²) in [7, 11) is 1.69. The van der Waals surface area contributed by atoms with Crippen molar-refractivity contribution in [2.75, 3.05) is 7.05 Å². The Morgan fingerprint density at radius 2 is 2.39 bits per heavy atom. The molecule has 2 aromatic rings. The van der Waals surface area contributed by atoms with E-state index in [4.69, 9.17) is 12.2 Å². The first-order valence-corrected chi connectivity index (χ1v) is 6.53. The molecule has 1 aliphatic heterocycles. The van der Waals surface area contributed by atoms with E-state index in [1.807, 2.05) is 24.4 Å². The zero-order valence-corrected chi connectivity index (χ0v) is 11.1.